The third kappa shape index (κ3) is 6.84. The second kappa shape index (κ2) is 11.5. The summed E-state index contributed by atoms with van der Waals surface area (Å²) in [7, 11) is 0. The number of unbranched alkanes of at least 4 members (excludes halogenated alkanes) is 1. The molecule has 0 aromatic heterocycles. The van der Waals surface area contributed by atoms with Crippen LogP contribution < -0.4 is 15.8 Å². The monoisotopic (exact) mass is 498 g/mol. The van der Waals surface area contributed by atoms with Gasteiger partial charge in [-0.05, 0) is 63.6 Å². The molecule has 0 radical (unpaired) electrons. The minimum Gasteiger partial charge on any atom is -0.480 e. The van der Waals surface area contributed by atoms with Crippen molar-refractivity contribution in [2.45, 2.75) is 62.8 Å². The van der Waals surface area contributed by atoms with Crippen LogP contribution in [0, 0.1) is 17.5 Å². The summed E-state index contributed by atoms with van der Waals surface area (Å²) >= 11 is 0. The summed E-state index contributed by atoms with van der Waals surface area (Å²) in [6.45, 7) is -0.724. The van der Waals surface area contributed by atoms with Gasteiger partial charge in [-0.3, -0.25) is 9.59 Å². The smallest absolute Gasteiger partial charge is 0.480 e. The van der Waals surface area contributed by atoms with Crippen molar-refractivity contribution in [2.75, 3.05) is 13.2 Å². The van der Waals surface area contributed by atoms with Crippen LogP contribution in [-0.4, -0.2) is 48.6 Å². The molecule has 0 bridgehead atoms. The van der Waals surface area contributed by atoms with E-state index in [0.717, 1.165) is 0 Å². The highest BCUT2D eigenvalue weighted by atomic mass is 19.4. The molecule has 0 heterocycles. The van der Waals surface area contributed by atoms with Crippen molar-refractivity contribution in [3.05, 3.63) is 29.6 Å². The number of carbonyl (C=O) groups excluding carboxylic acids is 3. The molecule has 1 aliphatic carbocycles. The van der Waals surface area contributed by atoms with Crippen molar-refractivity contribution in [2.24, 2.45) is 5.73 Å². The summed E-state index contributed by atoms with van der Waals surface area (Å²) in [5.74, 6) is -9.98. The van der Waals surface area contributed by atoms with Crippen LogP contribution in [0.1, 0.15) is 44.9 Å². The average Bonchev–Trinajstić information content (AvgIpc) is 3.24. The third-order valence-corrected chi connectivity index (χ3v) is 5.35. The van der Waals surface area contributed by atoms with E-state index in [-0.39, 0.29) is 25.8 Å². The number of nitrogens with two attached hydrogens (primary N) is 1. The second-order valence-corrected chi connectivity index (χ2v) is 7.83. The Morgan fingerprint density at radius 3 is 2.26 bits per heavy atom. The molecule has 1 aromatic carbocycles. The van der Waals surface area contributed by atoms with E-state index >= 15 is 0 Å². The maximum absolute atomic E-state index is 13.8. The molecular weight excluding hydrogens is 474 g/mol. The Bertz CT molecular complexity index is 902. The quantitative estimate of drug-likeness (QED) is 0.210. The van der Waals surface area contributed by atoms with E-state index in [1.165, 1.54) is 0 Å². The SMILES string of the molecule is NCCCCC(NC(=O)C1(OC(=O)C(F)(F)F)CCCC1)C(=O)COc1c(F)ccc(F)c1F. The van der Waals surface area contributed by atoms with Crippen molar-refractivity contribution in [3.8, 4) is 5.75 Å². The predicted molar refractivity (Wildman–Crippen MR) is 105 cm³/mol. The van der Waals surface area contributed by atoms with Crippen molar-refractivity contribution < 1.29 is 50.2 Å². The molecule has 190 valence electrons. The number of ketones is 1. The molecule has 2 rings (SSSR count). The molecule has 34 heavy (non-hydrogen) atoms. The molecule has 1 amide bonds. The second-order valence-electron chi connectivity index (χ2n) is 7.83. The van der Waals surface area contributed by atoms with Crippen molar-refractivity contribution in [1.82, 2.24) is 5.32 Å². The molecule has 13 heteroatoms. The van der Waals surface area contributed by atoms with Gasteiger partial charge in [-0.1, -0.05) is 0 Å². The first-order valence-corrected chi connectivity index (χ1v) is 10.5. The first kappa shape index (κ1) is 27.4. The van der Waals surface area contributed by atoms with Crippen LogP contribution in [0.15, 0.2) is 12.1 Å². The molecule has 0 spiro atoms. The Hall–Kier alpha value is -2.83. The van der Waals surface area contributed by atoms with E-state index in [2.05, 4.69) is 10.1 Å². The van der Waals surface area contributed by atoms with E-state index in [1.807, 2.05) is 0 Å². The van der Waals surface area contributed by atoms with Crippen molar-refractivity contribution >= 4 is 17.7 Å². The van der Waals surface area contributed by atoms with Gasteiger partial charge in [-0.15, -0.1) is 0 Å². The van der Waals surface area contributed by atoms with Crippen LogP contribution in [-0.2, 0) is 19.1 Å². The molecule has 1 unspecified atom stereocenters. The van der Waals surface area contributed by atoms with Gasteiger partial charge in [-0.2, -0.15) is 17.6 Å². The fourth-order valence-corrected chi connectivity index (χ4v) is 3.54. The van der Waals surface area contributed by atoms with Crippen molar-refractivity contribution in [3.63, 3.8) is 0 Å². The molecule has 0 aliphatic heterocycles. The number of benzene rings is 1. The summed E-state index contributed by atoms with van der Waals surface area (Å²) in [6.07, 6.45) is -4.34. The Balaban J connectivity index is 2.16. The maximum atomic E-state index is 13.8. The Morgan fingerprint density at radius 2 is 1.68 bits per heavy atom. The lowest BCUT2D eigenvalue weighted by atomic mass is 9.98. The standard InChI is InChI=1S/C21H24F6N2O5/c22-12-6-7-13(23)17(16(12)24)33-11-15(30)14(5-1-4-10-28)29-18(31)20(8-2-3-9-20)34-19(32)21(25,26)27/h6-7,14H,1-5,8-11,28H2,(H,29,31). The van der Waals surface area contributed by atoms with Gasteiger partial charge in [0, 0.05) is 0 Å². The number of Topliss-reactive ketones (excluding diaryl/α,β-unsaturated/α-hetero) is 1. The van der Waals surface area contributed by atoms with E-state index in [1.54, 1.807) is 0 Å². The van der Waals surface area contributed by atoms with Gasteiger partial charge in [0.1, 0.15) is 6.61 Å². The van der Waals surface area contributed by atoms with E-state index in [4.69, 9.17) is 10.5 Å². The highest BCUT2D eigenvalue weighted by Crippen LogP contribution is 2.36. The zero-order valence-corrected chi connectivity index (χ0v) is 18.0. The number of nitrogens with one attached hydrogen (secondary N) is 1. The number of amides is 1. The first-order valence-electron chi connectivity index (χ1n) is 10.5. The molecule has 1 aliphatic rings. The Labute approximate surface area is 190 Å². The summed E-state index contributed by atoms with van der Waals surface area (Å²) in [5.41, 5.74) is 3.30. The number of halogens is 6. The van der Waals surface area contributed by atoms with Crippen LogP contribution in [0.25, 0.3) is 0 Å². The molecule has 3 N–H and O–H groups in total. The van der Waals surface area contributed by atoms with Gasteiger partial charge < -0.3 is 20.5 Å². The van der Waals surface area contributed by atoms with Crippen LogP contribution >= 0.6 is 0 Å². The first-order chi connectivity index (χ1) is 15.9. The number of esters is 1. The minimum atomic E-state index is -5.32. The van der Waals surface area contributed by atoms with Gasteiger partial charge in [0.2, 0.25) is 5.82 Å². The number of carbonyl (C=O) groups is 3. The summed E-state index contributed by atoms with van der Waals surface area (Å²) in [4.78, 5) is 36.9. The number of rotatable bonds is 11. The van der Waals surface area contributed by atoms with E-state index in [9.17, 15) is 40.7 Å². The number of ether oxygens (including phenoxy) is 2. The predicted octanol–water partition coefficient (Wildman–Crippen LogP) is 3.08. The lowest BCUT2D eigenvalue weighted by molar-refractivity contribution is -0.214. The number of hydrogen-bond donors (Lipinski definition) is 2. The zero-order valence-electron chi connectivity index (χ0n) is 18.0. The largest absolute Gasteiger partial charge is 0.490 e. The van der Waals surface area contributed by atoms with Gasteiger partial charge in [0.25, 0.3) is 5.91 Å². The van der Waals surface area contributed by atoms with E-state index < -0.39 is 65.3 Å². The molecule has 1 aromatic rings. The van der Waals surface area contributed by atoms with Crippen LogP contribution in [0.4, 0.5) is 26.3 Å². The van der Waals surface area contributed by atoms with Gasteiger partial charge in [0.15, 0.2) is 28.8 Å². The highest BCUT2D eigenvalue weighted by molar-refractivity contribution is 5.94. The Morgan fingerprint density at radius 1 is 1.06 bits per heavy atom. The molecule has 7 nitrogen and oxygen atoms in total. The normalized spacial score (nSPS) is 16.1. The minimum absolute atomic E-state index is 0.0253. The maximum Gasteiger partial charge on any atom is 0.490 e. The van der Waals surface area contributed by atoms with Gasteiger partial charge >= 0.3 is 12.1 Å². The fourth-order valence-electron chi connectivity index (χ4n) is 3.54. The lowest BCUT2D eigenvalue weighted by Gasteiger charge is -2.30. The number of hydrogen-bond acceptors (Lipinski definition) is 6. The van der Waals surface area contributed by atoms with Crippen LogP contribution in [0.3, 0.4) is 0 Å². The topological polar surface area (TPSA) is 108 Å². The average molecular weight is 498 g/mol. The van der Waals surface area contributed by atoms with E-state index in [0.29, 0.717) is 37.8 Å². The van der Waals surface area contributed by atoms with Crippen LogP contribution in [0.2, 0.25) is 0 Å². The van der Waals surface area contributed by atoms with Gasteiger partial charge in [0.05, 0.1) is 6.04 Å². The van der Waals surface area contributed by atoms with Crippen LogP contribution in [0.5, 0.6) is 5.75 Å². The molecule has 1 atom stereocenters. The fraction of sp³-hybridized carbons (Fsp3) is 0.571. The van der Waals surface area contributed by atoms with Gasteiger partial charge in [-0.25, -0.2) is 13.6 Å². The summed E-state index contributed by atoms with van der Waals surface area (Å²) in [5, 5.41) is 2.28. The molecular formula is C21H24F6N2O5. The number of alkyl halides is 3. The third-order valence-electron chi connectivity index (χ3n) is 5.35. The molecule has 1 saturated carbocycles. The lowest BCUT2D eigenvalue weighted by Crippen LogP contribution is -2.54. The van der Waals surface area contributed by atoms with Crippen molar-refractivity contribution in [1.29, 1.82) is 0 Å². The summed E-state index contributed by atoms with van der Waals surface area (Å²) in [6, 6.07) is -0.225. The highest BCUT2D eigenvalue weighted by Gasteiger charge is 2.51. The summed E-state index contributed by atoms with van der Waals surface area (Å²) < 4.78 is 88.3. The molecule has 0 saturated heterocycles. The Kier molecular flexibility index (Phi) is 9.30. The zero-order chi connectivity index (χ0) is 25.5. The molecule has 1 fully saturated rings.